The van der Waals surface area contributed by atoms with Gasteiger partial charge in [0.25, 0.3) is 0 Å². The third-order valence-electron chi connectivity index (χ3n) is 4.57. The standard InChI is InChI=1S/C18H28N2O2S/c1-21-18-13-15(6-9-20-10-7-19-8-11-20)4-5-17(18)22-16-3-2-12-23-14-16/h4-5,13,16,19H,2-3,6-12,14H2,1H3. The van der Waals surface area contributed by atoms with Crippen LogP contribution in [0.15, 0.2) is 18.2 Å². The van der Waals surface area contributed by atoms with Gasteiger partial charge in [-0.05, 0) is 42.7 Å². The Morgan fingerprint density at radius 2 is 2.13 bits per heavy atom. The first-order valence-corrected chi connectivity index (χ1v) is 9.85. The first-order valence-electron chi connectivity index (χ1n) is 8.69. The second-order valence-corrected chi connectivity index (χ2v) is 7.43. The first-order chi connectivity index (χ1) is 11.3. The quantitative estimate of drug-likeness (QED) is 0.863. The van der Waals surface area contributed by atoms with Crippen molar-refractivity contribution < 1.29 is 9.47 Å². The fraction of sp³-hybridized carbons (Fsp3) is 0.667. The lowest BCUT2D eigenvalue weighted by molar-refractivity contribution is 0.202. The zero-order valence-corrected chi connectivity index (χ0v) is 14.9. The van der Waals surface area contributed by atoms with Crippen LogP contribution in [0.5, 0.6) is 11.5 Å². The summed E-state index contributed by atoms with van der Waals surface area (Å²) in [6, 6.07) is 6.43. The summed E-state index contributed by atoms with van der Waals surface area (Å²) in [4.78, 5) is 2.52. The predicted octanol–water partition coefficient (Wildman–Crippen LogP) is 2.42. The van der Waals surface area contributed by atoms with Gasteiger partial charge in [0.2, 0.25) is 0 Å². The van der Waals surface area contributed by atoms with Crippen LogP contribution in [0.4, 0.5) is 0 Å². The molecule has 2 saturated heterocycles. The SMILES string of the molecule is COc1cc(CCN2CCNCC2)ccc1OC1CCCSC1. The minimum absolute atomic E-state index is 0.328. The molecule has 0 saturated carbocycles. The van der Waals surface area contributed by atoms with Gasteiger partial charge in [-0.1, -0.05) is 6.07 Å². The molecule has 5 heteroatoms. The highest BCUT2D eigenvalue weighted by atomic mass is 32.2. The molecular weight excluding hydrogens is 308 g/mol. The van der Waals surface area contributed by atoms with Crippen LogP contribution in [0.2, 0.25) is 0 Å². The van der Waals surface area contributed by atoms with Crippen LogP contribution in [-0.2, 0) is 6.42 Å². The van der Waals surface area contributed by atoms with E-state index in [0.717, 1.165) is 62.8 Å². The summed E-state index contributed by atoms with van der Waals surface area (Å²) in [6.45, 7) is 5.63. The highest BCUT2D eigenvalue weighted by Gasteiger charge is 2.17. The van der Waals surface area contributed by atoms with Crippen molar-refractivity contribution in [2.24, 2.45) is 0 Å². The number of ether oxygens (including phenoxy) is 2. The fourth-order valence-corrected chi connectivity index (χ4v) is 4.21. The molecule has 4 nitrogen and oxygen atoms in total. The maximum atomic E-state index is 6.16. The molecule has 1 aromatic rings. The number of methoxy groups -OCH3 is 1. The molecular formula is C18H28N2O2S. The topological polar surface area (TPSA) is 33.7 Å². The summed E-state index contributed by atoms with van der Waals surface area (Å²) >= 11 is 1.99. The molecule has 3 rings (SSSR count). The van der Waals surface area contributed by atoms with E-state index >= 15 is 0 Å². The van der Waals surface area contributed by atoms with Crippen molar-refractivity contribution in [3.63, 3.8) is 0 Å². The number of thioether (sulfide) groups is 1. The molecule has 2 aliphatic rings. The van der Waals surface area contributed by atoms with Gasteiger partial charge in [0.15, 0.2) is 11.5 Å². The molecule has 0 radical (unpaired) electrons. The van der Waals surface area contributed by atoms with E-state index in [1.165, 1.54) is 17.7 Å². The Hall–Kier alpha value is -0.910. The van der Waals surface area contributed by atoms with Crippen LogP contribution in [0.1, 0.15) is 18.4 Å². The molecule has 1 aromatic carbocycles. The van der Waals surface area contributed by atoms with Crippen LogP contribution in [0.25, 0.3) is 0 Å². The fourth-order valence-electron chi connectivity index (χ4n) is 3.17. The molecule has 2 heterocycles. The third kappa shape index (κ3) is 5.03. The van der Waals surface area contributed by atoms with E-state index < -0.39 is 0 Å². The van der Waals surface area contributed by atoms with Crippen molar-refractivity contribution in [2.45, 2.75) is 25.4 Å². The van der Waals surface area contributed by atoms with Crippen molar-refractivity contribution in [1.82, 2.24) is 10.2 Å². The molecule has 23 heavy (non-hydrogen) atoms. The van der Waals surface area contributed by atoms with Gasteiger partial charge in [-0.3, -0.25) is 0 Å². The normalized spacial score (nSPS) is 22.7. The average Bonchev–Trinajstić information content (AvgIpc) is 2.62. The van der Waals surface area contributed by atoms with E-state index in [1.807, 2.05) is 11.8 Å². The van der Waals surface area contributed by atoms with Gasteiger partial charge < -0.3 is 19.7 Å². The minimum atomic E-state index is 0.328. The van der Waals surface area contributed by atoms with Gasteiger partial charge in [0.1, 0.15) is 6.10 Å². The number of nitrogens with zero attached hydrogens (tertiary/aromatic N) is 1. The largest absolute Gasteiger partial charge is 0.493 e. The Kier molecular flexibility index (Phi) is 6.48. The Balaban J connectivity index is 1.57. The third-order valence-corrected chi connectivity index (χ3v) is 5.75. The zero-order valence-electron chi connectivity index (χ0n) is 14.1. The summed E-state index contributed by atoms with van der Waals surface area (Å²) in [5.74, 6) is 4.12. The van der Waals surface area contributed by atoms with Gasteiger partial charge in [0.05, 0.1) is 7.11 Å². The van der Waals surface area contributed by atoms with E-state index in [4.69, 9.17) is 9.47 Å². The van der Waals surface area contributed by atoms with E-state index in [1.54, 1.807) is 7.11 Å². The van der Waals surface area contributed by atoms with Crippen molar-refractivity contribution in [3.05, 3.63) is 23.8 Å². The van der Waals surface area contributed by atoms with Gasteiger partial charge in [0, 0.05) is 38.5 Å². The molecule has 0 amide bonds. The molecule has 128 valence electrons. The van der Waals surface area contributed by atoms with Gasteiger partial charge in [-0.25, -0.2) is 0 Å². The second-order valence-electron chi connectivity index (χ2n) is 6.28. The number of rotatable bonds is 6. The second kappa shape index (κ2) is 8.81. The predicted molar refractivity (Wildman–Crippen MR) is 97.0 cm³/mol. The van der Waals surface area contributed by atoms with Gasteiger partial charge in [-0.2, -0.15) is 11.8 Å². The molecule has 0 aliphatic carbocycles. The maximum absolute atomic E-state index is 6.16. The van der Waals surface area contributed by atoms with Crippen molar-refractivity contribution >= 4 is 11.8 Å². The van der Waals surface area contributed by atoms with E-state index in [-0.39, 0.29) is 0 Å². The zero-order chi connectivity index (χ0) is 15.9. The van der Waals surface area contributed by atoms with Crippen LogP contribution in [-0.4, -0.2) is 62.3 Å². The molecule has 0 bridgehead atoms. The Morgan fingerprint density at radius 3 is 2.87 bits per heavy atom. The molecule has 0 spiro atoms. The Bertz CT molecular complexity index is 486. The lowest BCUT2D eigenvalue weighted by atomic mass is 10.1. The summed E-state index contributed by atoms with van der Waals surface area (Å²) in [5.41, 5.74) is 1.32. The monoisotopic (exact) mass is 336 g/mol. The van der Waals surface area contributed by atoms with Crippen LogP contribution < -0.4 is 14.8 Å². The summed E-state index contributed by atoms with van der Waals surface area (Å²) in [5, 5.41) is 3.40. The molecule has 1 N–H and O–H groups in total. The average molecular weight is 337 g/mol. The highest BCUT2D eigenvalue weighted by Crippen LogP contribution is 2.31. The van der Waals surface area contributed by atoms with E-state index in [9.17, 15) is 0 Å². The minimum Gasteiger partial charge on any atom is -0.493 e. The molecule has 0 aromatic heterocycles. The van der Waals surface area contributed by atoms with Crippen LogP contribution in [0.3, 0.4) is 0 Å². The smallest absolute Gasteiger partial charge is 0.161 e. The van der Waals surface area contributed by atoms with Gasteiger partial charge in [-0.15, -0.1) is 0 Å². The number of nitrogens with one attached hydrogen (secondary N) is 1. The summed E-state index contributed by atoms with van der Waals surface area (Å²) in [6.07, 6.45) is 3.80. The van der Waals surface area contributed by atoms with Crippen LogP contribution in [0, 0.1) is 0 Å². The Labute approximate surface area is 143 Å². The van der Waals surface area contributed by atoms with Crippen molar-refractivity contribution in [2.75, 3.05) is 51.3 Å². The molecule has 2 aliphatic heterocycles. The van der Waals surface area contributed by atoms with E-state index in [2.05, 4.69) is 28.4 Å². The number of benzene rings is 1. The summed E-state index contributed by atoms with van der Waals surface area (Å²) < 4.78 is 11.7. The van der Waals surface area contributed by atoms with E-state index in [0.29, 0.717) is 6.10 Å². The lowest BCUT2D eigenvalue weighted by Gasteiger charge is -2.27. The van der Waals surface area contributed by atoms with Gasteiger partial charge >= 0.3 is 0 Å². The number of hydrogen-bond acceptors (Lipinski definition) is 5. The Morgan fingerprint density at radius 1 is 1.26 bits per heavy atom. The first kappa shape index (κ1) is 16.9. The number of piperazine rings is 1. The lowest BCUT2D eigenvalue weighted by Crippen LogP contribution is -2.44. The summed E-state index contributed by atoms with van der Waals surface area (Å²) in [7, 11) is 1.73. The van der Waals surface area contributed by atoms with Crippen molar-refractivity contribution in [1.29, 1.82) is 0 Å². The van der Waals surface area contributed by atoms with Crippen molar-refractivity contribution in [3.8, 4) is 11.5 Å². The molecule has 2 fully saturated rings. The molecule has 1 unspecified atom stereocenters. The highest BCUT2D eigenvalue weighted by molar-refractivity contribution is 7.99. The van der Waals surface area contributed by atoms with Crippen LogP contribution >= 0.6 is 11.8 Å². The molecule has 1 atom stereocenters. The maximum Gasteiger partial charge on any atom is 0.161 e. The number of hydrogen-bond donors (Lipinski definition) is 1.